The highest BCUT2D eigenvalue weighted by Crippen LogP contribution is 2.15. The molecule has 1 aliphatic heterocycles. The van der Waals surface area contributed by atoms with Gasteiger partial charge < -0.3 is 9.84 Å². The van der Waals surface area contributed by atoms with Gasteiger partial charge in [-0.05, 0) is 25.0 Å². The van der Waals surface area contributed by atoms with Crippen molar-refractivity contribution in [2.45, 2.75) is 18.1 Å². The van der Waals surface area contributed by atoms with Gasteiger partial charge in [-0.2, -0.15) is 0 Å². The van der Waals surface area contributed by atoms with Crippen LogP contribution in [0.1, 0.15) is 23.2 Å². The Labute approximate surface area is 117 Å². The van der Waals surface area contributed by atoms with Crippen molar-refractivity contribution in [1.29, 1.82) is 0 Å². The van der Waals surface area contributed by atoms with Gasteiger partial charge in [0.25, 0.3) is 5.91 Å². The third-order valence-corrected chi connectivity index (χ3v) is 4.65. The van der Waals surface area contributed by atoms with Gasteiger partial charge in [-0.15, -0.1) is 4.83 Å². The van der Waals surface area contributed by atoms with Gasteiger partial charge in [0.05, 0.1) is 12.2 Å². The summed E-state index contributed by atoms with van der Waals surface area (Å²) in [6.45, 7) is 0.665. The summed E-state index contributed by atoms with van der Waals surface area (Å²) in [5.41, 5.74) is 2.08. The number of phenolic OH excluding ortho intramolecular Hbond substituents is 1. The maximum atomic E-state index is 11.9. The van der Waals surface area contributed by atoms with Crippen molar-refractivity contribution in [2.75, 3.05) is 13.2 Å². The van der Waals surface area contributed by atoms with Gasteiger partial charge in [0, 0.05) is 6.61 Å². The average molecular weight is 300 g/mol. The summed E-state index contributed by atoms with van der Waals surface area (Å²) in [4.78, 5) is 13.8. The lowest BCUT2D eigenvalue weighted by atomic mass is 10.2. The summed E-state index contributed by atoms with van der Waals surface area (Å²) in [5, 5.41) is 8.82. The molecule has 1 atom stereocenters. The maximum Gasteiger partial charge on any atom is 0.269 e. The maximum absolute atomic E-state index is 11.9. The minimum absolute atomic E-state index is 0.00454. The molecule has 0 bridgehead atoms. The monoisotopic (exact) mass is 300 g/mol. The summed E-state index contributed by atoms with van der Waals surface area (Å²) < 4.78 is 29.0. The van der Waals surface area contributed by atoms with Gasteiger partial charge in [-0.25, -0.2) is 8.42 Å². The van der Waals surface area contributed by atoms with Crippen molar-refractivity contribution in [2.24, 2.45) is 0 Å². The fourth-order valence-electron chi connectivity index (χ4n) is 1.89. The molecule has 0 aromatic heterocycles. The Morgan fingerprint density at radius 2 is 2.10 bits per heavy atom. The lowest BCUT2D eigenvalue weighted by Crippen LogP contribution is -2.48. The zero-order valence-corrected chi connectivity index (χ0v) is 11.5. The molecular formula is C12H16N2O5S. The summed E-state index contributed by atoms with van der Waals surface area (Å²) in [5.74, 6) is -0.936. The molecule has 1 aromatic carbocycles. The normalized spacial score (nSPS) is 19.5. The van der Waals surface area contributed by atoms with Crippen molar-refractivity contribution in [3.05, 3.63) is 29.8 Å². The van der Waals surface area contributed by atoms with Crippen LogP contribution in [0.25, 0.3) is 0 Å². The van der Waals surface area contributed by atoms with Gasteiger partial charge >= 0.3 is 0 Å². The van der Waals surface area contributed by atoms with Gasteiger partial charge in [-0.3, -0.25) is 10.2 Å². The number of ether oxygens (including phenoxy) is 1. The van der Waals surface area contributed by atoms with E-state index >= 15 is 0 Å². The van der Waals surface area contributed by atoms with Crippen LogP contribution < -0.4 is 10.3 Å². The molecule has 1 saturated heterocycles. The molecule has 1 fully saturated rings. The van der Waals surface area contributed by atoms with Crippen LogP contribution >= 0.6 is 0 Å². The van der Waals surface area contributed by atoms with Crippen molar-refractivity contribution < 1.29 is 23.1 Å². The molecule has 0 spiro atoms. The van der Waals surface area contributed by atoms with Crippen molar-refractivity contribution in [3.8, 4) is 5.75 Å². The van der Waals surface area contributed by atoms with Crippen LogP contribution in [0.4, 0.5) is 0 Å². The van der Waals surface area contributed by atoms with Crippen LogP contribution in [0, 0.1) is 0 Å². The average Bonchev–Trinajstić information content (AvgIpc) is 2.46. The molecule has 3 N–H and O–H groups in total. The Kier molecular flexibility index (Phi) is 4.58. The summed E-state index contributed by atoms with van der Waals surface area (Å²) in [6, 6.07) is 5.87. The van der Waals surface area contributed by atoms with Crippen LogP contribution in [0.15, 0.2) is 24.3 Å². The Morgan fingerprint density at radius 3 is 2.75 bits per heavy atom. The third-order valence-electron chi connectivity index (χ3n) is 3.01. The molecule has 1 aromatic rings. The first kappa shape index (κ1) is 14.8. The number of sulfonamides is 1. The standard InChI is InChI=1S/C12H16N2O5S/c15-11-6-2-1-5-10(11)12(16)13-14-20(17,18)9-4-3-7-19-8-9/h1-2,5-6,9,14-15H,3-4,7-8H2,(H,13,16). The van der Waals surface area contributed by atoms with E-state index in [0.29, 0.717) is 19.4 Å². The molecule has 1 amide bonds. The predicted molar refractivity (Wildman–Crippen MR) is 71.5 cm³/mol. The SMILES string of the molecule is O=C(NNS(=O)(=O)C1CCCOC1)c1ccccc1O. The Balaban J connectivity index is 1.97. The summed E-state index contributed by atoms with van der Waals surface area (Å²) in [6.07, 6.45) is 1.15. The molecule has 1 heterocycles. The number of para-hydroxylation sites is 1. The van der Waals surface area contributed by atoms with Crippen LogP contribution in [-0.2, 0) is 14.8 Å². The first-order valence-corrected chi connectivity index (χ1v) is 7.72. The van der Waals surface area contributed by atoms with Crippen LogP contribution in [0.5, 0.6) is 5.75 Å². The van der Waals surface area contributed by atoms with Crippen molar-refractivity contribution in [1.82, 2.24) is 10.3 Å². The minimum atomic E-state index is -3.69. The van der Waals surface area contributed by atoms with Gasteiger partial charge in [0.1, 0.15) is 11.0 Å². The van der Waals surface area contributed by atoms with E-state index in [4.69, 9.17) is 4.74 Å². The number of nitrogens with one attached hydrogen (secondary N) is 2. The Hall–Kier alpha value is -1.64. The second kappa shape index (κ2) is 6.21. The van der Waals surface area contributed by atoms with Crippen LogP contribution in [-0.4, -0.2) is 37.9 Å². The van der Waals surface area contributed by atoms with Gasteiger partial charge in [0.15, 0.2) is 0 Å². The van der Waals surface area contributed by atoms with E-state index in [0.717, 1.165) is 0 Å². The lowest BCUT2D eigenvalue weighted by molar-refractivity contribution is 0.0930. The van der Waals surface area contributed by atoms with E-state index in [2.05, 4.69) is 5.43 Å². The number of carbonyl (C=O) groups excluding carboxylic acids is 1. The first-order chi connectivity index (χ1) is 9.50. The van der Waals surface area contributed by atoms with E-state index in [1.54, 1.807) is 12.1 Å². The zero-order chi connectivity index (χ0) is 14.6. The minimum Gasteiger partial charge on any atom is -0.507 e. The first-order valence-electron chi connectivity index (χ1n) is 6.17. The molecule has 8 heteroatoms. The van der Waals surface area contributed by atoms with Gasteiger partial charge in [0.2, 0.25) is 10.0 Å². The summed E-state index contributed by atoms with van der Waals surface area (Å²) >= 11 is 0. The summed E-state index contributed by atoms with van der Waals surface area (Å²) in [7, 11) is -3.69. The second-order valence-electron chi connectivity index (χ2n) is 4.46. The van der Waals surface area contributed by atoms with Gasteiger partial charge in [-0.1, -0.05) is 12.1 Å². The molecule has 0 aliphatic carbocycles. The van der Waals surface area contributed by atoms with E-state index < -0.39 is 21.2 Å². The Bertz CT molecular complexity index is 581. The zero-order valence-electron chi connectivity index (χ0n) is 10.7. The number of rotatable bonds is 4. The van der Waals surface area contributed by atoms with Crippen molar-refractivity contribution in [3.63, 3.8) is 0 Å². The lowest BCUT2D eigenvalue weighted by Gasteiger charge is -2.22. The predicted octanol–water partition coefficient (Wildman–Crippen LogP) is 0.135. The molecule has 0 radical (unpaired) electrons. The quantitative estimate of drug-likeness (QED) is 0.686. The highest BCUT2D eigenvalue weighted by molar-refractivity contribution is 7.90. The molecule has 110 valence electrons. The highest BCUT2D eigenvalue weighted by Gasteiger charge is 2.28. The Morgan fingerprint density at radius 1 is 1.35 bits per heavy atom. The van der Waals surface area contributed by atoms with E-state index in [1.165, 1.54) is 12.1 Å². The molecular weight excluding hydrogens is 284 g/mol. The fraction of sp³-hybridized carbons (Fsp3) is 0.417. The number of hydrazine groups is 1. The fourth-order valence-corrected chi connectivity index (χ4v) is 3.04. The molecule has 20 heavy (non-hydrogen) atoms. The van der Waals surface area contributed by atoms with Crippen LogP contribution in [0.3, 0.4) is 0 Å². The largest absolute Gasteiger partial charge is 0.507 e. The topological polar surface area (TPSA) is 105 Å². The molecule has 1 aliphatic rings. The third kappa shape index (κ3) is 3.47. The van der Waals surface area contributed by atoms with E-state index in [1.807, 2.05) is 4.83 Å². The van der Waals surface area contributed by atoms with E-state index in [9.17, 15) is 18.3 Å². The number of carbonyl (C=O) groups is 1. The second-order valence-corrected chi connectivity index (χ2v) is 6.42. The molecule has 2 rings (SSSR count). The number of phenols is 1. The number of hydrogen-bond acceptors (Lipinski definition) is 5. The van der Waals surface area contributed by atoms with E-state index in [-0.39, 0.29) is 17.9 Å². The number of hydrogen-bond donors (Lipinski definition) is 3. The number of benzene rings is 1. The smallest absolute Gasteiger partial charge is 0.269 e. The molecule has 1 unspecified atom stereocenters. The molecule has 7 nitrogen and oxygen atoms in total. The van der Waals surface area contributed by atoms with Crippen molar-refractivity contribution >= 4 is 15.9 Å². The highest BCUT2D eigenvalue weighted by atomic mass is 32.2. The number of aromatic hydroxyl groups is 1. The number of amides is 1. The van der Waals surface area contributed by atoms with Crippen LogP contribution in [0.2, 0.25) is 0 Å². The molecule has 0 saturated carbocycles.